The van der Waals surface area contributed by atoms with Gasteiger partial charge >= 0.3 is 0 Å². The molecule has 1 aliphatic heterocycles. The van der Waals surface area contributed by atoms with Crippen molar-refractivity contribution < 1.29 is 9.53 Å². The molecule has 0 bridgehead atoms. The lowest BCUT2D eigenvalue weighted by molar-refractivity contribution is -0.132. The zero-order valence-electron chi connectivity index (χ0n) is 16.9. The molecule has 0 saturated carbocycles. The van der Waals surface area contributed by atoms with Gasteiger partial charge in [-0.25, -0.2) is 0 Å². The monoisotopic (exact) mass is 386 g/mol. The zero-order chi connectivity index (χ0) is 20.2. The lowest BCUT2D eigenvalue weighted by Gasteiger charge is -2.35. The Morgan fingerprint density at radius 1 is 0.966 bits per heavy atom. The third-order valence-corrected chi connectivity index (χ3v) is 5.44. The summed E-state index contributed by atoms with van der Waals surface area (Å²) in [6, 6.07) is 25.0. The molecule has 0 radical (unpaired) electrons. The molecule has 1 heterocycles. The quantitative estimate of drug-likeness (QED) is 0.563. The van der Waals surface area contributed by atoms with Crippen molar-refractivity contribution in [1.29, 1.82) is 0 Å². The van der Waals surface area contributed by atoms with Crippen LogP contribution in [-0.2, 0) is 4.79 Å². The normalized spacial score (nSPS) is 16.5. The number of hydrogen-bond donors (Lipinski definition) is 1. The summed E-state index contributed by atoms with van der Waals surface area (Å²) in [6.07, 6.45) is 0. The number of piperazine rings is 1. The molecule has 29 heavy (non-hydrogen) atoms. The summed E-state index contributed by atoms with van der Waals surface area (Å²) in [5, 5.41) is 3.32. The average Bonchev–Trinajstić information content (AvgIpc) is 3.45. The van der Waals surface area contributed by atoms with E-state index in [0.29, 0.717) is 0 Å². The summed E-state index contributed by atoms with van der Waals surface area (Å²) in [7, 11) is 1.73. The van der Waals surface area contributed by atoms with Crippen molar-refractivity contribution >= 4 is 5.91 Å². The molecule has 2 aromatic rings. The highest BCUT2D eigenvalue weighted by Crippen LogP contribution is 2.50. The molecule has 4 nitrogen and oxygen atoms in total. The van der Waals surface area contributed by atoms with Crippen LogP contribution in [0.25, 0.3) is 22.3 Å². The van der Waals surface area contributed by atoms with Crippen LogP contribution in [-0.4, -0.2) is 37.6 Å². The van der Waals surface area contributed by atoms with Crippen LogP contribution in [0.15, 0.2) is 72.8 Å². The maximum atomic E-state index is 11.5. The number of carbonyl (C=O) groups excluding carboxylic acids is 1. The van der Waals surface area contributed by atoms with Crippen molar-refractivity contribution in [3.8, 4) is 28.0 Å². The van der Waals surface area contributed by atoms with Crippen molar-refractivity contribution in [1.82, 2.24) is 10.2 Å². The number of hydrogen-bond acceptors (Lipinski definition) is 3. The van der Waals surface area contributed by atoms with Gasteiger partial charge in [0.1, 0.15) is 5.75 Å². The lowest BCUT2D eigenvalue weighted by Crippen LogP contribution is -2.47. The van der Waals surface area contributed by atoms with E-state index in [2.05, 4.69) is 41.7 Å². The summed E-state index contributed by atoms with van der Waals surface area (Å²) >= 11 is 0. The molecule has 1 amide bonds. The van der Waals surface area contributed by atoms with Gasteiger partial charge in [0.25, 0.3) is 0 Å². The van der Waals surface area contributed by atoms with Gasteiger partial charge in [-0.3, -0.25) is 4.79 Å². The molecular formula is C25H26N2O2. The summed E-state index contributed by atoms with van der Waals surface area (Å²) in [6.45, 7) is 4.18. The maximum Gasteiger partial charge on any atom is 0.220 e. The molecule has 1 saturated heterocycles. The highest BCUT2D eigenvalue weighted by molar-refractivity contribution is 5.97. The number of carbonyl (C=O) groups is 1. The number of fused-ring (bicyclic) bond motifs is 1. The molecule has 0 spiro atoms. The van der Waals surface area contributed by atoms with Crippen LogP contribution in [0.4, 0.5) is 0 Å². The Morgan fingerprint density at radius 3 is 2.21 bits per heavy atom. The minimum atomic E-state index is 0.158. The van der Waals surface area contributed by atoms with E-state index < -0.39 is 0 Å². The molecule has 5 rings (SSSR count). The first kappa shape index (κ1) is 19.2. The van der Waals surface area contributed by atoms with E-state index in [-0.39, 0.29) is 11.9 Å². The van der Waals surface area contributed by atoms with Crippen molar-refractivity contribution in [2.75, 3.05) is 26.7 Å². The van der Waals surface area contributed by atoms with Crippen LogP contribution >= 0.6 is 0 Å². The highest BCUT2D eigenvalue weighted by Gasteiger charge is 2.25. The number of methoxy groups -OCH3 is 1. The van der Waals surface area contributed by atoms with Gasteiger partial charge in [0.05, 0.1) is 13.2 Å². The molecule has 3 aliphatic rings. The van der Waals surface area contributed by atoms with Crippen molar-refractivity contribution in [3.05, 3.63) is 78.4 Å². The predicted molar refractivity (Wildman–Crippen MR) is 117 cm³/mol. The largest absolute Gasteiger partial charge is 0.495 e. The van der Waals surface area contributed by atoms with Gasteiger partial charge in [-0.05, 0) is 28.8 Å². The van der Waals surface area contributed by atoms with E-state index in [4.69, 9.17) is 4.74 Å². The second kappa shape index (κ2) is 8.50. The topological polar surface area (TPSA) is 41.6 Å². The Morgan fingerprint density at radius 2 is 1.59 bits per heavy atom. The summed E-state index contributed by atoms with van der Waals surface area (Å²) in [5.74, 6) is 1.18. The van der Waals surface area contributed by atoms with Gasteiger partial charge < -0.3 is 15.0 Å². The molecule has 2 aliphatic carbocycles. The number of nitrogens with zero attached hydrogens (tertiary/aromatic N) is 1. The van der Waals surface area contributed by atoms with Gasteiger partial charge in [0.2, 0.25) is 5.91 Å². The fourth-order valence-electron chi connectivity index (χ4n) is 3.91. The molecule has 4 heteroatoms. The first-order valence-corrected chi connectivity index (χ1v) is 9.99. The Kier molecular flexibility index (Phi) is 5.63. The van der Waals surface area contributed by atoms with Crippen LogP contribution in [0, 0.1) is 0 Å². The van der Waals surface area contributed by atoms with E-state index in [9.17, 15) is 4.79 Å². The van der Waals surface area contributed by atoms with Crippen LogP contribution in [0.1, 0.15) is 18.5 Å². The molecule has 2 aromatic carbocycles. The van der Waals surface area contributed by atoms with Crippen LogP contribution in [0.2, 0.25) is 0 Å². The molecular weight excluding hydrogens is 360 g/mol. The van der Waals surface area contributed by atoms with E-state index in [1.54, 1.807) is 14.0 Å². The Bertz CT molecular complexity index is 986. The average molecular weight is 386 g/mol. The number of nitrogens with one attached hydrogen (secondary N) is 1. The third-order valence-electron chi connectivity index (χ3n) is 5.44. The summed E-state index contributed by atoms with van der Waals surface area (Å²) in [4.78, 5) is 13.4. The predicted octanol–water partition coefficient (Wildman–Crippen LogP) is 4.52. The van der Waals surface area contributed by atoms with E-state index in [1.807, 2.05) is 41.3 Å². The lowest BCUT2D eigenvalue weighted by atomic mass is 10.0. The van der Waals surface area contributed by atoms with Crippen LogP contribution < -0.4 is 10.1 Å². The summed E-state index contributed by atoms with van der Waals surface area (Å²) in [5.41, 5.74) is 6.23. The van der Waals surface area contributed by atoms with E-state index >= 15 is 0 Å². The van der Waals surface area contributed by atoms with Crippen LogP contribution in [0.3, 0.4) is 0 Å². The van der Waals surface area contributed by atoms with E-state index in [1.165, 1.54) is 27.8 Å². The molecule has 1 N–H and O–H groups in total. The maximum absolute atomic E-state index is 11.5. The third kappa shape index (κ3) is 4.17. The van der Waals surface area contributed by atoms with Crippen LogP contribution in [0.5, 0.6) is 5.75 Å². The SMILES string of the molecule is CC(=O)N1CCNCC1c1ccccc1.COc1c(-c2ccccc2)cc2cc1-2. The van der Waals surface area contributed by atoms with Gasteiger partial charge in [0, 0.05) is 37.7 Å². The number of ether oxygens (including phenoxy) is 1. The first-order chi connectivity index (χ1) is 14.2. The van der Waals surface area contributed by atoms with Gasteiger partial charge in [-0.15, -0.1) is 0 Å². The summed E-state index contributed by atoms with van der Waals surface area (Å²) < 4.78 is 5.39. The standard InChI is InChI=1S/C13H10O.C12H16N2O/c1-14-13-11(7-10-8-12(10)13)9-5-3-2-4-6-9;1-10(15)14-8-7-13-9-12(14)11-5-3-2-4-6-11/h2-8H,1H3;2-6,12-13H,7-9H2,1H3. The minimum absolute atomic E-state index is 0.158. The van der Waals surface area contributed by atoms with Gasteiger partial charge in [-0.2, -0.15) is 0 Å². The second-order valence-electron chi connectivity index (χ2n) is 7.31. The Labute approximate surface area is 172 Å². The van der Waals surface area contributed by atoms with Crippen molar-refractivity contribution in [2.24, 2.45) is 0 Å². The van der Waals surface area contributed by atoms with Crippen molar-refractivity contribution in [3.63, 3.8) is 0 Å². The molecule has 1 unspecified atom stereocenters. The minimum Gasteiger partial charge on any atom is -0.495 e. The number of rotatable bonds is 3. The zero-order valence-corrected chi connectivity index (χ0v) is 16.9. The molecule has 1 atom stereocenters. The molecule has 1 fully saturated rings. The van der Waals surface area contributed by atoms with Crippen molar-refractivity contribution in [2.45, 2.75) is 13.0 Å². The fraction of sp³-hybridized carbons (Fsp3) is 0.240. The number of benzene rings is 3. The van der Waals surface area contributed by atoms with Gasteiger partial charge in [-0.1, -0.05) is 60.7 Å². The first-order valence-electron chi connectivity index (χ1n) is 9.99. The fourth-order valence-corrected chi connectivity index (χ4v) is 3.91. The number of amides is 1. The molecule has 148 valence electrons. The Hall–Kier alpha value is -3.11. The smallest absolute Gasteiger partial charge is 0.220 e. The Balaban J connectivity index is 0.000000141. The second-order valence-corrected chi connectivity index (χ2v) is 7.31. The highest BCUT2D eigenvalue weighted by atomic mass is 16.5. The van der Waals surface area contributed by atoms with Gasteiger partial charge in [0.15, 0.2) is 0 Å². The van der Waals surface area contributed by atoms with E-state index in [0.717, 1.165) is 25.4 Å². The molecule has 0 aromatic heterocycles.